The third-order valence-corrected chi connectivity index (χ3v) is 6.16. The van der Waals surface area contributed by atoms with Crippen LogP contribution >= 0.6 is 11.8 Å². The molecule has 0 bridgehead atoms. The Morgan fingerprint density at radius 2 is 1.76 bits per heavy atom. The highest BCUT2D eigenvalue weighted by Crippen LogP contribution is 2.43. The second-order valence-corrected chi connectivity index (χ2v) is 7.91. The quantitative estimate of drug-likeness (QED) is 0.477. The van der Waals surface area contributed by atoms with Crippen LogP contribution < -0.4 is 0 Å². The molecule has 144 valence electrons. The average molecular weight is 401 g/mol. The first-order valence-corrected chi connectivity index (χ1v) is 10.5. The van der Waals surface area contributed by atoms with Gasteiger partial charge >= 0.3 is 0 Å². The molecule has 0 aliphatic carbocycles. The van der Waals surface area contributed by atoms with Crippen LogP contribution in [0.2, 0.25) is 0 Å². The van der Waals surface area contributed by atoms with Gasteiger partial charge in [0.05, 0.1) is 24.2 Å². The fraction of sp³-hybridized carbons (Fsp3) is 0.130. The fourth-order valence-electron chi connectivity index (χ4n) is 3.54. The second kappa shape index (κ2) is 7.64. The molecule has 0 unspecified atom stereocenters. The van der Waals surface area contributed by atoms with E-state index in [4.69, 9.17) is 9.52 Å². The van der Waals surface area contributed by atoms with Crippen LogP contribution in [0.1, 0.15) is 16.8 Å². The van der Waals surface area contributed by atoms with E-state index in [1.54, 1.807) is 18.0 Å². The summed E-state index contributed by atoms with van der Waals surface area (Å²) in [5.74, 6) is 1.32. The normalized spacial score (nSPS) is 16.5. The summed E-state index contributed by atoms with van der Waals surface area (Å²) >= 11 is 1.61. The number of amides is 1. The van der Waals surface area contributed by atoms with Crippen molar-refractivity contribution in [1.29, 1.82) is 0 Å². The van der Waals surface area contributed by atoms with Gasteiger partial charge in [0, 0.05) is 11.8 Å². The van der Waals surface area contributed by atoms with Crippen molar-refractivity contribution in [2.24, 2.45) is 0 Å². The van der Waals surface area contributed by atoms with Gasteiger partial charge in [0.25, 0.3) is 0 Å². The molecule has 2 aromatic carbocycles. The van der Waals surface area contributed by atoms with E-state index in [0.717, 1.165) is 28.3 Å². The molecule has 1 aliphatic rings. The number of nitrogens with zero attached hydrogens (tertiary/aromatic N) is 3. The van der Waals surface area contributed by atoms with E-state index in [2.05, 4.69) is 18.3 Å². The van der Waals surface area contributed by atoms with Crippen molar-refractivity contribution in [1.82, 2.24) is 14.7 Å². The first-order valence-electron chi connectivity index (χ1n) is 9.43. The monoisotopic (exact) mass is 401 g/mol. The van der Waals surface area contributed by atoms with Crippen molar-refractivity contribution < 1.29 is 9.21 Å². The molecule has 29 heavy (non-hydrogen) atoms. The van der Waals surface area contributed by atoms with Gasteiger partial charge < -0.3 is 9.32 Å². The second-order valence-electron chi connectivity index (χ2n) is 6.84. The molecule has 0 N–H and O–H groups in total. The van der Waals surface area contributed by atoms with Crippen molar-refractivity contribution in [2.75, 3.05) is 5.75 Å². The smallest absolute Gasteiger partial charge is 0.234 e. The molecule has 3 heterocycles. The molecule has 0 spiro atoms. The summed E-state index contributed by atoms with van der Waals surface area (Å²) < 4.78 is 7.38. The van der Waals surface area contributed by atoms with Gasteiger partial charge in [-0.2, -0.15) is 5.10 Å². The molecular formula is C23H19N3O2S. The molecule has 0 saturated carbocycles. The number of rotatable bonds is 5. The topological polar surface area (TPSA) is 51.3 Å². The largest absolute Gasteiger partial charge is 0.467 e. The van der Waals surface area contributed by atoms with Crippen molar-refractivity contribution in [3.8, 4) is 16.8 Å². The van der Waals surface area contributed by atoms with E-state index in [1.807, 2.05) is 70.2 Å². The Labute approximate surface area is 173 Å². The number of carbonyl (C=O) groups is 1. The summed E-state index contributed by atoms with van der Waals surface area (Å²) in [4.78, 5) is 14.5. The number of para-hydroxylation sites is 1. The summed E-state index contributed by atoms with van der Waals surface area (Å²) in [7, 11) is 0. The Balaban J connectivity index is 1.59. The van der Waals surface area contributed by atoms with Gasteiger partial charge in [-0.15, -0.1) is 11.8 Å². The third-order valence-electron chi connectivity index (χ3n) is 4.96. The van der Waals surface area contributed by atoms with Crippen LogP contribution in [0.25, 0.3) is 16.8 Å². The number of furan rings is 1. The molecule has 2 aromatic heterocycles. The van der Waals surface area contributed by atoms with E-state index in [9.17, 15) is 4.79 Å². The SMILES string of the molecule is O=C1CS[C@@H](c2nn(-c3ccccc3)cc2-c2ccccc2)N1Cc1ccco1. The lowest BCUT2D eigenvalue weighted by atomic mass is 10.1. The number of carbonyl (C=O) groups excluding carboxylic acids is 1. The van der Waals surface area contributed by atoms with Crippen LogP contribution in [0, 0.1) is 0 Å². The summed E-state index contributed by atoms with van der Waals surface area (Å²) in [5.41, 5.74) is 4.00. The van der Waals surface area contributed by atoms with Crippen molar-refractivity contribution in [2.45, 2.75) is 11.9 Å². The Hall–Kier alpha value is -3.25. The lowest BCUT2D eigenvalue weighted by Gasteiger charge is -2.22. The first kappa shape index (κ1) is 17.8. The average Bonchev–Trinajstić information content (AvgIpc) is 3.51. The van der Waals surface area contributed by atoms with E-state index in [1.165, 1.54) is 0 Å². The number of hydrogen-bond acceptors (Lipinski definition) is 4. The Kier molecular flexibility index (Phi) is 4.69. The molecule has 1 amide bonds. The lowest BCUT2D eigenvalue weighted by Crippen LogP contribution is -2.28. The maximum absolute atomic E-state index is 12.6. The van der Waals surface area contributed by atoms with Crippen LogP contribution in [0.5, 0.6) is 0 Å². The maximum atomic E-state index is 12.6. The van der Waals surface area contributed by atoms with Crippen molar-refractivity contribution >= 4 is 17.7 Å². The minimum atomic E-state index is -0.159. The van der Waals surface area contributed by atoms with Gasteiger partial charge in [0.1, 0.15) is 16.8 Å². The Morgan fingerprint density at radius 3 is 2.48 bits per heavy atom. The van der Waals surface area contributed by atoms with Gasteiger partial charge in [-0.25, -0.2) is 4.68 Å². The summed E-state index contributed by atoms with van der Waals surface area (Å²) in [6.07, 6.45) is 3.69. The predicted octanol–water partition coefficient (Wildman–Crippen LogP) is 4.91. The fourth-order valence-corrected chi connectivity index (χ4v) is 4.72. The number of benzene rings is 2. The highest BCUT2D eigenvalue weighted by Gasteiger charge is 2.36. The maximum Gasteiger partial charge on any atom is 0.234 e. The number of hydrogen-bond donors (Lipinski definition) is 0. The lowest BCUT2D eigenvalue weighted by molar-refractivity contribution is -0.128. The van der Waals surface area contributed by atoms with Crippen molar-refractivity contribution in [3.05, 3.63) is 96.7 Å². The molecule has 1 saturated heterocycles. The summed E-state index contributed by atoms with van der Waals surface area (Å²) in [5, 5.41) is 4.76. The summed E-state index contributed by atoms with van der Waals surface area (Å²) in [6.45, 7) is 0.440. The molecular weight excluding hydrogens is 382 g/mol. The van der Waals surface area contributed by atoms with Gasteiger partial charge in [0.2, 0.25) is 5.91 Å². The number of aromatic nitrogens is 2. The molecule has 1 aliphatic heterocycles. The molecule has 6 heteroatoms. The van der Waals surface area contributed by atoms with E-state index in [-0.39, 0.29) is 11.3 Å². The van der Waals surface area contributed by atoms with Crippen LogP contribution in [0.3, 0.4) is 0 Å². The number of thioether (sulfide) groups is 1. The summed E-state index contributed by atoms with van der Waals surface area (Å²) in [6, 6.07) is 24.0. The zero-order valence-electron chi connectivity index (χ0n) is 15.6. The van der Waals surface area contributed by atoms with Crippen LogP contribution in [-0.4, -0.2) is 26.3 Å². The van der Waals surface area contributed by atoms with Crippen LogP contribution in [0.4, 0.5) is 0 Å². The standard InChI is InChI=1S/C23H19N3O2S/c27-21-16-29-23(25(21)14-19-12-7-13-28-19)22-20(17-8-3-1-4-9-17)15-26(24-22)18-10-5-2-6-11-18/h1-13,15,23H,14,16H2/t23-/m0/s1. The highest BCUT2D eigenvalue weighted by atomic mass is 32.2. The predicted molar refractivity (Wildman–Crippen MR) is 113 cm³/mol. The van der Waals surface area contributed by atoms with Crippen LogP contribution in [-0.2, 0) is 11.3 Å². The first-order chi connectivity index (χ1) is 14.3. The molecule has 1 atom stereocenters. The molecule has 4 aromatic rings. The van der Waals surface area contributed by atoms with Gasteiger partial charge in [-0.3, -0.25) is 4.79 Å². The Bertz CT molecular complexity index is 1110. The van der Waals surface area contributed by atoms with Gasteiger partial charge in [0.15, 0.2) is 0 Å². The molecule has 1 fully saturated rings. The molecule has 5 rings (SSSR count). The zero-order chi connectivity index (χ0) is 19.6. The van der Waals surface area contributed by atoms with E-state index < -0.39 is 0 Å². The van der Waals surface area contributed by atoms with Crippen LogP contribution in [0.15, 0.2) is 89.7 Å². The van der Waals surface area contributed by atoms with Crippen molar-refractivity contribution in [3.63, 3.8) is 0 Å². The van der Waals surface area contributed by atoms with Gasteiger partial charge in [-0.05, 0) is 29.8 Å². The highest BCUT2D eigenvalue weighted by molar-refractivity contribution is 8.00. The minimum Gasteiger partial charge on any atom is -0.467 e. The minimum absolute atomic E-state index is 0.102. The third kappa shape index (κ3) is 3.47. The zero-order valence-corrected chi connectivity index (χ0v) is 16.5. The van der Waals surface area contributed by atoms with E-state index >= 15 is 0 Å². The molecule has 5 nitrogen and oxygen atoms in total. The van der Waals surface area contributed by atoms with E-state index in [0.29, 0.717) is 12.3 Å². The van der Waals surface area contributed by atoms with Gasteiger partial charge in [-0.1, -0.05) is 48.5 Å². The molecule has 0 radical (unpaired) electrons. The Morgan fingerprint density at radius 1 is 1.00 bits per heavy atom.